The fourth-order valence-electron chi connectivity index (χ4n) is 3.56. The van der Waals surface area contributed by atoms with E-state index in [1.54, 1.807) is 0 Å². The Morgan fingerprint density at radius 3 is 1.62 bits per heavy atom. The predicted molar refractivity (Wildman–Crippen MR) is 104 cm³/mol. The Hall–Kier alpha value is -1.57. The minimum absolute atomic E-state index is 0.0438. The second-order valence-electron chi connectivity index (χ2n) is 7.15. The van der Waals surface area contributed by atoms with Gasteiger partial charge in [0.05, 0.1) is 25.4 Å². The second-order valence-corrected chi connectivity index (χ2v) is 10.2. The van der Waals surface area contributed by atoms with Gasteiger partial charge >= 0.3 is 25.9 Å². The topological polar surface area (TPSA) is 119 Å². The number of epoxide rings is 2. The smallest absolute Gasteiger partial charge is 0.376 e. The highest BCUT2D eigenvalue weighted by atomic mass is 28.4. The average molecular weight is 432 g/mol. The summed E-state index contributed by atoms with van der Waals surface area (Å²) in [4.78, 5) is 39.4. The van der Waals surface area contributed by atoms with Crippen molar-refractivity contribution in [2.24, 2.45) is 0 Å². The van der Waals surface area contributed by atoms with Crippen LogP contribution in [0.4, 0.5) is 0 Å². The Morgan fingerprint density at radius 1 is 0.897 bits per heavy atom. The molecule has 2 fully saturated rings. The molecule has 0 aliphatic carbocycles. The zero-order valence-electron chi connectivity index (χ0n) is 17.3. The van der Waals surface area contributed by atoms with Gasteiger partial charge < -0.3 is 22.8 Å². The maximum absolute atomic E-state index is 13.2. The molecule has 2 aliphatic heterocycles. The van der Waals surface area contributed by atoms with Gasteiger partial charge in [0.25, 0.3) is 0 Å². The van der Waals surface area contributed by atoms with E-state index in [9.17, 15) is 14.4 Å². The van der Waals surface area contributed by atoms with Gasteiger partial charge in [-0.25, -0.2) is 28.1 Å². The van der Waals surface area contributed by atoms with Crippen molar-refractivity contribution in [3.8, 4) is 0 Å². The lowest BCUT2D eigenvalue weighted by atomic mass is 10.3. The van der Waals surface area contributed by atoms with E-state index in [0.29, 0.717) is 32.5 Å². The van der Waals surface area contributed by atoms with Crippen molar-refractivity contribution in [2.75, 3.05) is 34.5 Å². The zero-order valence-corrected chi connectivity index (χ0v) is 18.3. The first-order chi connectivity index (χ1) is 13.9. The molecule has 2 saturated heterocycles. The van der Waals surface area contributed by atoms with E-state index in [2.05, 4.69) is 0 Å². The van der Waals surface area contributed by atoms with Gasteiger partial charge in [-0.05, 0) is 19.3 Å². The fraction of sp³-hybridized carbons (Fsp3) is 0.824. The van der Waals surface area contributed by atoms with E-state index in [4.69, 9.17) is 22.8 Å². The lowest BCUT2D eigenvalue weighted by Gasteiger charge is -2.32. The van der Waals surface area contributed by atoms with Crippen molar-refractivity contribution in [3.05, 3.63) is 31.5 Å². The van der Waals surface area contributed by atoms with E-state index < -0.39 is 31.5 Å². The average Bonchev–Trinajstić information content (AvgIpc) is 3.62. The van der Waals surface area contributed by atoms with Crippen molar-refractivity contribution >= 4 is 8.80 Å². The van der Waals surface area contributed by atoms with Gasteiger partial charge in [-0.15, -0.1) is 0 Å². The third kappa shape index (κ3) is 4.46. The second kappa shape index (κ2) is 9.06. The van der Waals surface area contributed by atoms with Crippen molar-refractivity contribution in [2.45, 2.75) is 57.1 Å². The number of hydrogen-bond donors (Lipinski definition) is 0. The molecular formula is C17H29N3O8Si. The van der Waals surface area contributed by atoms with E-state index in [-0.39, 0.29) is 25.3 Å². The summed E-state index contributed by atoms with van der Waals surface area (Å²) in [6.45, 7) is 3.38. The first-order valence-electron chi connectivity index (χ1n) is 9.77. The number of aromatic nitrogens is 3. The van der Waals surface area contributed by atoms with Crippen LogP contribution in [-0.2, 0) is 35.8 Å². The molecule has 0 saturated carbocycles. The molecule has 29 heavy (non-hydrogen) atoms. The molecule has 0 bridgehead atoms. The van der Waals surface area contributed by atoms with Gasteiger partial charge in [0.1, 0.15) is 5.67 Å². The molecule has 0 aromatic carbocycles. The van der Waals surface area contributed by atoms with Gasteiger partial charge in [-0.2, -0.15) is 0 Å². The highest BCUT2D eigenvalue weighted by Crippen LogP contribution is 2.24. The van der Waals surface area contributed by atoms with Crippen LogP contribution in [0.15, 0.2) is 14.4 Å². The van der Waals surface area contributed by atoms with Crippen LogP contribution in [0.3, 0.4) is 0 Å². The Morgan fingerprint density at radius 2 is 1.31 bits per heavy atom. The monoisotopic (exact) mass is 431 g/mol. The SMILES string of the molecule is CCC(n1c(=O)n(CCC2CO2)c(=O)n(CCC2CO2)c1=O)[Si](OC)(OC)OC. The summed E-state index contributed by atoms with van der Waals surface area (Å²) in [5, 5.41) is 0. The minimum Gasteiger partial charge on any atom is -0.376 e. The summed E-state index contributed by atoms with van der Waals surface area (Å²) in [5.41, 5.74) is -2.76. The van der Waals surface area contributed by atoms with Crippen LogP contribution in [0.5, 0.6) is 0 Å². The maximum atomic E-state index is 13.2. The lowest BCUT2D eigenvalue weighted by Crippen LogP contribution is -2.62. The Kier molecular flexibility index (Phi) is 6.91. The van der Waals surface area contributed by atoms with Crippen LogP contribution in [0.25, 0.3) is 0 Å². The first-order valence-corrected chi connectivity index (χ1v) is 11.6. The fourth-order valence-corrected chi connectivity index (χ4v) is 5.92. The van der Waals surface area contributed by atoms with Crippen LogP contribution in [0.1, 0.15) is 31.9 Å². The number of rotatable bonds is 12. The number of ether oxygens (including phenoxy) is 2. The summed E-state index contributed by atoms with van der Waals surface area (Å²) in [6.07, 6.45) is 1.49. The molecule has 1 aromatic heterocycles. The van der Waals surface area contributed by atoms with Crippen molar-refractivity contribution < 1.29 is 22.8 Å². The summed E-state index contributed by atoms with van der Waals surface area (Å²) < 4.78 is 30.3. The largest absolute Gasteiger partial charge is 0.524 e. The Labute approximate surface area is 169 Å². The minimum atomic E-state index is -3.39. The summed E-state index contributed by atoms with van der Waals surface area (Å²) in [5.74, 6) is 0. The van der Waals surface area contributed by atoms with Gasteiger partial charge in [0.15, 0.2) is 0 Å². The van der Waals surface area contributed by atoms with Crippen molar-refractivity contribution in [1.29, 1.82) is 0 Å². The van der Waals surface area contributed by atoms with Crippen molar-refractivity contribution in [3.63, 3.8) is 0 Å². The van der Waals surface area contributed by atoms with E-state index in [0.717, 1.165) is 13.7 Å². The molecule has 12 heteroatoms. The maximum Gasteiger partial charge on any atom is 0.524 e. The van der Waals surface area contributed by atoms with E-state index >= 15 is 0 Å². The molecule has 2 aliphatic rings. The molecule has 0 spiro atoms. The predicted octanol–water partition coefficient (Wildman–Crippen LogP) is -0.882. The highest BCUT2D eigenvalue weighted by molar-refractivity contribution is 6.61. The molecule has 3 atom stereocenters. The van der Waals surface area contributed by atoms with Gasteiger partial charge in [-0.1, -0.05) is 6.92 Å². The molecule has 11 nitrogen and oxygen atoms in total. The van der Waals surface area contributed by atoms with Gasteiger partial charge in [-0.3, -0.25) is 0 Å². The third-order valence-electron chi connectivity index (χ3n) is 5.45. The highest BCUT2D eigenvalue weighted by Gasteiger charge is 2.49. The molecule has 0 amide bonds. The van der Waals surface area contributed by atoms with Crippen LogP contribution in [0, 0.1) is 0 Å². The molecule has 3 unspecified atom stereocenters. The molecule has 0 N–H and O–H groups in total. The summed E-state index contributed by atoms with van der Waals surface area (Å²) in [6, 6.07) is 0. The number of nitrogens with zero attached hydrogens (tertiary/aromatic N) is 3. The van der Waals surface area contributed by atoms with Crippen LogP contribution >= 0.6 is 0 Å². The molecule has 0 radical (unpaired) electrons. The van der Waals surface area contributed by atoms with Gasteiger partial charge in [0.2, 0.25) is 0 Å². The van der Waals surface area contributed by atoms with E-state index in [1.165, 1.54) is 21.3 Å². The third-order valence-corrected chi connectivity index (χ3v) is 8.64. The molecule has 3 heterocycles. The normalized spacial score (nSPS) is 21.9. The summed E-state index contributed by atoms with van der Waals surface area (Å²) >= 11 is 0. The summed E-state index contributed by atoms with van der Waals surface area (Å²) in [7, 11) is 0.887. The Bertz CT molecular complexity index is 820. The van der Waals surface area contributed by atoms with Crippen LogP contribution in [-0.4, -0.2) is 69.3 Å². The number of hydrogen-bond acceptors (Lipinski definition) is 8. The van der Waals surface area contributed by atoms with E-state index in [1.807, 2.05) is 6.92 Å². The zero-order chi connectivity index (χ0) is 21.2. The first kappa shape index (κ1) is 22.1. The van der Waals surface area contributed by atoms with Crippen LogP contribution in [0.2, 0.25) is 0 Å². The standard InChI is InChI=1S/C17H29N3O8Si/c1-5-14(29(24-2,25-3)26-4)20-16(22)18(8-6-12-10-27-12)15(21)19(17(20)23)9-7-13-11-28-13/h12-14H,5-11H2,1-4H3. The molecular weight excluding hydrogens is 402 g/mol. The molecule has 1 aromatic rings. The Balaban J connectivity index is 2.12. The quantitative estimate of drug-likeness (QED) is 0.309. The van der Waals surface area contributed by atoms with Crippen LogP contribution < -0.4 is 17.1 Å². The van der Waals surface area contributed by atoms with Crippen molar-refractivity contribution in [1.82, 2.24) is 13.7 Å². The van der Waals surface area contributed by atoms with Gasteiger partial charge in [0, 0.05) is 34.4 Å². The molecule has 164 valence electrons. The lowest BCUT2D eigenvalue weighted by molar-refractivity contribution is 0.0977. The molecule has 3 rings (SSSR count).